The van der Waals surface area contributed by atoms with Crippen molar-refractivity contribution in [3.05, 3.63) is 184 Å². The normalized spacial score (nSPS) is 11.6. The third-order valence-corrected chi connectivity index (χ3v) is 9.40. The Morgan fingerprint density at radius 2 is 1.17 bits per heavy atom. The van der Waals surface area contributed by atoms with Crippen LogP contribution in [0.3, 0.4) is 0 Å². The van der Waals surface area contributed by atoms with Crippen molar-refractivity contribution in [2.45, 2.75) is 45.9 Å². The number of fused-ring (bicyclic) bond motifs is 3. The molecule has 0 fully saturated rings. The third-order valence-electron chi connectivity index (χ3n) is 9.40. The monoisotopic (exact) mass is 722 g/mol. The van der Waals surface area contributed by atoms with Gasteiger partial charge in [0.15, 0.2) is 0 Å². The predicted molar refractivity (Wildman–Crippen MR) is 211 cm³/mol. The number of rotatable bonds is 13. The van der Waals surface area contributed by atoms with Crippen molar-refractivity contribution >= 4 is 5.97 Å². The Kier molecular flexibility index (Phi) is 12.4. The quantitative estimate of drug-likeness (QED) is 0.0868. The van der Waals surface area contributed by atoms with Crippen LogP contribution in [0.4, 0.5) is 0 Å². The van der Waals surface area contributed by atoms with Crippen LogP contribution in [-0.2, 0) is 46.2 Å². The van der Waals surface area contributed by atoms with E-state index < -0.39 is 5.60 Å². The van der Waals surface area contributed by atoms with Crippen LogP contribution >= 0.6 is 0 Å². The molecule has 1 aliphatic rings. The molecule has 7 rings (SSSR count). The second-order valence-corrected chi connectivity index (χ2v) is 12.6. The second-order valence-electron chi connectivity index (χ2n) is 12.6. The molecule has 0 aromatic heterocycles. The van der Waals surface area contributed by atoms with Crippen LogP contribution < -0.4 is 14.2 Å². The number of methoxy groups -OCH3 is 3. The highest BCUT2D eigenvalue weighted by molar-refractivity contribution is 5.89. The van der Waals surface area contributed by atoms with E-state index in [2.05, 4.69) is 72.8 Å². The second kappa shape index (κ2) is 17.8. The maximum Gasteiger partial charge on any atom is 0.337 e. The highest BCUT2D eigenvalue weighted by Crippen LogP contribution is 2.43. The lowest BCUT2D eigenvalue weighted by molar-refractivity contribution is 0.000106. The molecule has 7 heteroatoms. The molecule has 54 heavy (non-hydrogen) atoms. The highest BCUT2D eigenvalue weighted by atomic mass is 16.5. The fraction of sp³-hybridized carbons (Fsp3) is 0.213. The number of carbonyl (C=O) groups is 1. The van der Waals surface area contributed by atoms with Crippen molar-refractivity contribution in [2.75, 3.05) is 21.3 Å². The van der Waals surface area contributed by atoms with Gasteiger partial charge in [-0.2, -0.15) is 0 Å². The summed E-state index contributed by atoms with van der Waals surface area (Å²) in [7, 11) is 4.71. The van der Waals surface area contributed by atoms with Crippen LogP contribution in [-0.4, -0.2) is 27.3 Å². The van der Waals surface area contributed by atoms with Gasteiger partial charge in [-0.05, 0) is 93.0 Å². The van der Waals surface area contributed by atoms with Gasteiger partial charge in [-0.15, -0.1) is 0 Å². The van der Waals surface area contributed by atoms with Crippen molar-refractivity contribution in [1.82, 2.24) is 0 Å². The fourth-order valence-electron chi connectivity index (χ4n) is 6.73. The van der Waals surface area contributed by atoms with E-state index in [1.165, 1.54) is 7.11 Å². The van der Waals surface area contributed by atoms with Crippen molar-refractivity contribution in [3.8, 4) is 28.4 Å². The summed E-state index contributed by atoms with van der Waals surface area (Å²) in [6, 6.07) is 46.3. The first kappa shape index (κ1) is 37.9. The molecule has 0 unspecified atom stereocenters. The molecule has 6 aromatic carbocycles. The summed E-state index contributed by atoms with van der Waals surface area (Å²) in [5.74, 6) is 2.01. The van der Waals surface area contributed by atoms with Gasteiger partial charge in [0.1, 0.15) is 29.5 Å². The fourth-order valence-corrected chi connectivity index (χ4v) is 6.73. The topological polar surface area (TPSA) is 72.5 Å². The molecule has 6 aromatic rings. The van der Waals surface area contributed by atoms with Crippen molar-refractivity contribution < 1.29 is 33.2 Å². The van der Waals surface area contributed by atoms with Gasteiger partial charge < -0.3 is 28.4 Å². The summed E-state index contributed by atoms with van der Waals surface area (Å²) in [6.45, 7) is 5.60. The zero-order valence-corrected chi connectivity index (χ0v) is 31.5. The number of hydrogen-bond acceptors (Lipinski definition) is 7. The van der Waals surface area contributed by atoms with Crippen LogP contribution in [0.25, 0.3) is 11.1 Å². The van der Waals surface area contributed by atoms with Crippen LogP contribution in [0.2, 0.25) is 0 Å². The smallest absolute Gasteiger partial charge is 0.337 e. The number of ether oxygens (including phenoxy) is 6. The summed E-state index contributed by atoms with van der Waals surface area (Å²) in [5.41, 5.74) is 8.76. The Labute approximate surface area is 318 Å². The minimum absolute atomic E-state index is 0.329. The molecule has 1 aliphatic heterocycles. The van der Waals surface area contributed by atoms with Gasteiger partial charge in [0.2, 0.25) is 0 Å². The summed E-state index contributed by atoms with van der Waals surface area (Å²) in [4.78, 5) is 11.9. The number of benzene rings is 6. The van der Waals surface area contributed by atoms with Gasteiger partial charge in [-0.1, -0.05) is 105 Å². The molecular formula is C47H46O7. The predicted octanol–water partition coefficient (Wildman–Crippen LogP) is 10.3. The van der Waals surface area contributed by atoms with E-state index in [4.69, 9.17) is 28.4 Å². The number of esters is 1. The Bertz CT molecular complexity index is 2090. The Hall–Kier alpha value is -5.89. The zero-order valence-electron chi connectivity index (χ0n) is 31.5. The van der Waals surface area contributed by atoms with Gasteiger partial charge in [0, 0.05) is 5.56 Å². The van der Waals surface area contributed by atoms with Gasteiger partial charge in [0.05, 0.1) is 46.7 Å². The van der Waals surface area contributed by atoms with Gasteiger partial charge in [0.25, 0.3) is 0 Å². The van der Waals surface area contributed by atoms with E-state index in [0.29, 0.717) is 32.0 Å². The zero-order chi connectivity index (χ0) is 37.9. The lowest BCUT2D eigenvalue weighted by Gasteiger charge is -2.36. The average molecular weight is 723 g/mol. The van der Waals surface area contributed by atoms with Crippen LogP contribution in [0, 0.1) is 0 Å². The lowest BCUT2D eigenvalue weighted by atomic mass is 9.80. The minimum Gasteiger partial charge on any atom is -0.497 e. The van der Waals surface area contributed by atoms with Gasteiger partial charge in [-0.25, -0.2) is 4.79 Å². The van der Waals surface area contributed by atoms with E-state index in [9.17, 15) is 4.79 Å². The molecule has 0 bridgehead atoms. The molecule has 0 atom stereocenters. The van der Waals surface area contributed by atoms with Crippen molar-refractivity contribution in [3.63, 3.8) is 0 Å². The number of carbonyl (C=O) groups excluding carboxylic acids is 1. The lowest BCUT2D eigenvalue weighted by Crippen LogP contribution is -2.32. The molecule has 0 saturated heterocycles. The van der Waals surface area contributed by atoms with E-state index in [1.807, 2.05) is 68.4 Å². The Balaban J connectivity index is 0.00000245. The van der Waals surface area contributed by atoms with E-state index in [1.54, 1.807) is 26.4 Å². The van der Waals surface area contributed by atoms with E-state index in [0.717, 1.165) is 67.3 Å². The van der Waals surface area contributed by atoms with Crippen LogP contribution in [0.1, 0.15) is 63.1 Å². The Morgan fingerprint density at radius 1 is 0.593 bits per heavy atom. The molecule has 0 saturated carbocycles. The molecule has 7 nitrogen and oxygen atoms in total. The molecule has 1 heterocycles. The van der Waals surface area contributed by atoms with Crippen molar-refractivity contribution in [1.29, 1.82) is 0 Å². The summed E-state index contributed by atoms with van der Waals surface area (Å²) >= 11 is 0. The van der Waals surface area contributed by atoms with Crippen LogP contribution in [0.15, 0.2) is 140 Å². The molecule has 0 radical (unpaired) electrons. The summed E-state index contributed by atoms with van der Waals surface area (Å²) in [6.07, 6.45) is 0. The SMILES string of the molecule is CC.COC(=O)c1cccc(COCc2ccc3c(c2)COc2cc(COC(c4ccccc4)(c4ccc(OC)cc4)c4ccc(OC)cc4)ccc2-3)c1. The molecule has 0 spiro atoms. The maximum absolute atomic E-state index is 11.9. The van der Waals surface area contributed by atoms with Crippen LogP contribution in [0.5, 0.6) is 17.2 Å². The molecule has 276 valence electrons. The first-order valence-corrected chi connectivity index (χ1v) is 18.1. The van der Waals surface area contributed by atoms with Gasteiger partial charge >= 0.3 is 5.97 Å². The highest BCUT2D eigenvalue weighted by Gasteiger charge is 2.38. The van der Waals surface area contributed by atoms with E-state index in [-0.39, 0.29) is 5.97 Å². The number of hydrogen-bond donors (Lipinski definition) is 0. The first-order valence-electron chi connectivity index (χ1n) is 18.1. The largest absolute Gasteiger partial charge is 0.497 e. The molecule has 0 amide bonds. The average Bonchev–Trinajstić information content (AvgIpc) is 3.25. The maximum atomic E-state index is 11.9. The first-order chi connectivity index (χ1) is 26.5. The van der Waals surface area contributed by atoms with Crippen molar-refractivity contribution in [2.24, 2.45) is 0 Å². The van der Waals surface area contributed by atoms with Gasteiger partial charge in [-0.3, -0.25) is 0 Å². The standard InChI is InChI=1S/C45H40O7.C2H6/c1-47-39-18-14-37(15-19-39)45(36-10-5-4-6-11-36,38-16-20-40(48-2)21-17-38)52-29-33-13-23-42-41-22-12-32(25-35(41)30-51-43(42)26-33)28-50-27-31-8-7-9-34(24-31)44(46)49-3;1-2/h4-26H,27-30H2,1-3H3;1-2H3. The molecule has 0 N–H and O–H groups in total. The minimum atomic E-state index is -0.925. The summed E-state index contributed by atoms with van der Waals surface area (Å²) < 4.78 is 35.3. The Morgan fingerprint density at radius 3 is 1.78 bits per heavy atom. The molecular weight excluding hydrogens is 677 g/mol. The third kappa shape index (κ3) is 8.18. The molecule has 0 aliphatic carbocycles. The van der Waals surface area contributed by atoms with E-state index >= 15 is 0 Å². The summed E-state index contributed by atoms with van der Waals surface area (Å²) in [5, 5.41) is 0.